The summed E-state index contributed by atoms with van der Waals surface area (Å²) in [4.78, 5) is 8.61. The third-order valence-corrected chi connectivity index (χ3v) is 4.48. The van der Waals surface area contributed by atoms with Crippen LogP contribution in [0.3, 0.4) is 0 Å². The Labute approximate surface area is 119 Å². The highest BCUT2D eigenvalue weighted by Gasteiger charge is 2.35. The first-order valence-electron chi connectivity index (χ1n) is 7.31. The standard InChI is InChI=1S/C16H21N3O/c1-16(9-5-4-8-14(16)20)10-17-15-12-6-2-3-7-13(12)18-11-19-15/h2-3,6-7,11,14,20H,4-5,8-10H2,1H3,(H,17,18,19). The number of fused-ring (bicyclic) bond motifs is 1. The molecule has 1 aliphatic carbocycles. The Kier molecular flexibility index (Phi) is 3.57. The lowest BCUT2D eigenvalue weighted by molar-refractivity contribution is 0.00960. The molecule has 1 saturated carbocycles. The molecular formula is C16H21N3O. The van der Waals surface area contributed by atoms with Crippen LogP contribution in [0.1, 0.15) is 32.6 Å². The van der Waals surface area contributed by atoms with Crippen molar-refractivity contribution in [3.8, 4) is 0 Å². The summed E-state index contributed by atoms with van der Waals surface area (Å²) in [5, 5.41) is 14.7. The van der Waals surface area contributed by atoms with E-state index >= 15 is 0 Å². The average molecular weight is 271 g/mol. The maximum absolute atomic E-state index is 10.2. The number of aromatic nitrogens is 2. The van der Waals surface area contributed by atoms with Crippen LogP contribution in [0.5, 0.6) is 0 Å². The van der Waals surface area contributed by atoms with Gasteiger partial charge in [-0.1, -0.05) is 31.9 Å². The molecule has 0 spiro atoms. The van der Waals surface area contributed by atoms with E-state index in [1.54, 1.807) is 6.33 Å². The second-order valence-corrected chi connectivity index (χ2v) is 6.01. The Balaban J connectivity index is 1.80. The first-order chi connectivity index (χ1) is 9.69. The van der Waals surface area contributed by atoms with Gasteiger partial charge in [0.1, 0.15) is 12.1 Å². The lowest BCUT2D eigenvalue weighted by Gasteiger charge is -2.38. The highest BCUT2D eigenvalue weighted by Crippen LogP contribution is 2.36. The van der Waals surface area contributed by atoms with E-state index in [0.29, 0.717) is 0 Å². The van der Waals surface area contributed by atoms with Gasteiger partial charge in [0.25, 0.3) is 0 Å². The summed E-state index contributed by atoms with van der Waals surface area (Å²) in [6.45, 7) is 2.91. The molecule has 4 heteroatoms. The third kappa shape index (κ3) is 2.48. The quantitative estimate of drug-likeness (QED) is 0.901. The number of aliphatic hydroxyl groups excluding tert-OH is 1. The lowest BCUT2D eigenvalue weighted by atomic mass is 9.73. The van der Waals surface area contributed by atoms with Crippen molar-refractivity contribution in [2.45, 2.75) is 38.7 Å². The summed E-state index contributed by atoms with van der Waals surface area (Å²) < 4.78 is 0. The molecule has 1 aliphatic rings. The SMILES string of the molecule is CC1(CNc2ncnc3ccccc23)CCCCC1O. The minimum absolute atomic E-state index is 0.0652. The number of hydrogen-bond donors (Lipinski definition) is 2. The second kappa shape index (κ2) is 5.37. The first kappa shape index (κ1) is 13.3. The molecule has 2 unspecified atom stereocenters. The van der Waals surface area contributed by atoms with Crippen molar-refractivity contribution in [3.05, 3.63) is 30.6 Å². The van der Waals surface area contributed by atoms with Gasteiger partial charge in [-0.3, -0.25) is 0 Å². The minimum atomic E-state index is -0.225. The number of rotatable bonds is 3. The van der Waals surface area contributed by atoms with E-state index in [4.69, 9.17) is 0 Å². The number of anilines is 1. The van der Waals surface area contributed by atoms with Crippen molar-refractivity contribution in [3.63, 3.8) is 0 Å². The fourth-order valence-corrected chi connectivity index (χ4v) is 3.02. The predicted molar refractivity (Wildman–Crippen MR) is 80.6 cm³/mol. The van der Waals surface area contributed by atoms with Crippen molar-refractivity contribution >= 4 is 16.7 Å². The third-order valence-electron chi connectivity index (χ3n) is 4.48. The van der Waals surface area contributed by atoms with Gasteiger partial charge in [-0.15, -0.1) is 0 Å². The molecule has 1 fully saturated rings. The number of hydrogen-bond acceptors (Lipinski definition) is 4. The van der Waals surface area contributed by atoms with Gasteiger partial charge in [0.2, 0.25) is 0 Å². The maximum Gasteiger partial charge on any atom is 0.137 e. The highest BCUT2D eigenvalue weighted by atomic mass is 16.3. The molecule has 1 heterocycles. The van der Waals surface area contributed by atoms with Crippen LogP contribution >= 0.6 is 0 Å². The monoisotopic (exact) mass is 271 g/mol. The Morgan fingerprint density at radius 2 is 2.15 bits per heavy atom. The fourth-order valence-electron chi connectivity index (χ4n) is 3.02. The normalized spacial score (nSPS) is 26.6. The van der Waals surface area contributed by atoms with Gasteiger partial charge in [0.05, 0.1) is 11.6 Å². The lowest BCUT2D eigenvalue weighted by Crippen LogP contribution is -2.41. The summed E-state index contributed by atoms with van der Waals surface area (Å²) >= 11 is 0. The van der Waals surface area contributed by atoms with Crippen LogP contribution in [0.2, 0.25) is 0 Å². The zero-order valence-corrected chi connectivity index (χ0v) is 11.8. The molecule has 0 saturated heterocycles. The molecule has 2 atom stereocenters. The van der Waals surface area contributed by atoms with Gasteiger partial charge < -0.3 is 10.4 Å². The van der Waals surface area contributed by atoms with Crippen LogP contribution < -0.4 is 5.32 Å². The fraction of sp³-hybridized carbons (Fsp3) is 0.500. The van der Waals surface area contributed by atoms with E-state index in [-0.39, 0.29) is 11.5 Å². The van der Waals surface area contributed by atoms with Crippen molar-refractivity contribution in [2.24, 2.45) is 5.41 Å². The zero-order chi connectivity index (χ0) is 14.0. The van der Waals surface area contributed by atoms with Gasteiger partial charge in [0.15, 0.2) is 0 Å². The molecule has 0 amide bonds. The summed E-state index contributed by atoms with van der Waals surface area (Å²) in [5.74, 6) is 0.856. The van der Waals surface area contributed by atoms with E-state index in [0.717, 1.165) is 42.5 Å². The van der Waals surface area contributed by atoms with Crippen LogP contribution in [0.25, 0.3) is 10.9 Å². The molecule has 0 aliphatic heterocycles. The Hall–Kier alpha value is -1.68. The van der Waals surface area contributed by atoms with Crippen molar-refractivity contribution in [2.75, 3.05) is 11.9 Å². The van der Waals surface area contributed by atoms with Crippen LogP contribution in [0, 0.1) is 5.41 Å². The van der Waals surface area contributed by atoms with E-state index in [1.807, 2.05) is 24.3 Å². The predicted octanol–water partition coefficient (Wildman–Crippen LogP) is 2.98. The highest BCUT2D eigenvalue weighted by molar-refractivity contribution is 5.88. The van der Waals surface area contributed by atoms with Gasteiger partial charge >= 0.3 is 0 Å². The minimum Gasteiger partial charge on any atom is -0.392 e. The summed E-state index contributed by atoms with van der Waals surface area (Å²) in [6, 6.07) is 7.98. The molecule has 4 nitrogen and oxygen atoms in total. The van der Waals surface area contributed by atoms with Crippen LogP contribution in [0.4, 0.5) is 5.82 Å². The topological polar surface area (TPSA) is 58.0 Å². The first-order valence-corrected chi connectivity index (χ1v) is 7.31. The Bertz CT molecular complexity index is 596. The zero-order valence-electron chi connectivity index (χ0n) is 11.8. The summed E-state index contributed by atoms with van der Waals surface area (Å²) in [6.07, 6.45) is 5.65. The maximum atomic E-state index is 10.2. The largest absolute Gasteiger partial charge is 0.392 e. The van der Waals surface area contributed by atoms with Crippen molar-refractivity contribution < 1.29 is 5.11 Å². The molecule has 20 heavy (non-hydrogen) atoms. The Morgan fingerprint density at radius 1 is 1.30 bits per heavy atom. The summed E-state index contributed by atoms with van der Waals surface area (Å²) in [7, 11) is 0. The number of para-hydroxylation sites is 1. The van der Waals surface area contributed by atoms with E-state index in [2.05, 4.69) is 22.2 Å². The molecule has 0 radical (unpaired) electrons. The second-order valence-electron chi connectivity index (χ2n) is 6.01. The van der Waals surface area contributed by atoms with Crippen molar-refractivity contribution in [1.29, 1.82) is 0 Å². The van der Waals surface area contributed by atoms with E-state index in [9.17, 15) is 5.11 Å². The molecule has 0 bridgehead atoms. The molecule has 2 N–H and O–H groups in total. The van der Waals surface area contributed by atoms with E-state index in [1.165, 1.54) is 6.42 Å². The molecule has 2 aromatic rings. The van der Waals surface area contributed by atoms with Crippen molar-refractivity contribution in [1.82, 2.24) is 9.97 Å². The van der Waals surface area contributed by atoms with Crippen LogP contribution in [-0.2, 0) is 0 Å². The molecule has 3 rings (SSSR count). The molecule has 1 aromatic carbocycles. The van der Waals surface area contributed by atoms with Crippen LogP contribution in [0.15, 0.2) is 30.6 Å². The van der Waals surface area contributed by atoms with Crippen LogP contribution in [-0.4, -0.2) is 27.7 Å². The van der Waals surface area contributed by atoms with Gasteiger partial charge in [-0.25, -0.2) is 9.97 Å². The number of nitrogens with zero attached hydrogens (tertiary/aromatic N) is 2. The van der Waals surface area contributed by atoms with E-state index < -0.39 is 0 Å². The number of nitrogens with one attached hydrogen (secondary N) is 1. The summed E-state index contributed by atoms with van der Waals surface area (Å²) in [5.41, 5.74) is 0.879. The molecular weight excluding hydrogens is 250 g/mol. The number of benzene rings is 1. The van der Waals surface area contributed by atoms with Gasteiger partial charge in [0, 0.05) is 17.3 Å². The number of aliphatic hydroxyl groups is 1. The van der Waals surface area contributed by atoms with Gasteiger partial charge in [-0.2, -0.15) is 0 Å². The smallest absolute Gasteiger partial charge is 0.137 e. The molecule has 106 valence electrons. The average Bonchev–Trinajstić information content (AvgIpc) is 2.48. The molecule has 1 aromatic heterocycles. The van der Waals surface area contributed by atoms with Gasteiger partial charge in [-0.05, 0) is 25.0 Å². The Morgan fingerprint density at radius 3 is 3.00 bits per heavy atom.